The Balaban J connectivity index is 2.71. The Hall–Kier alpha value is -3.03. The summed E-state index contributed by atoms with van der Waals surface area (Å²) >= 11 is 0. The molecule has 0 unspecified atom stereocenters. The molecule has 0 amide bonds. The Morgan fingerprint density at radius 2 is 1.83 bits per heavy atom. The molecule has 124 valence electrons. The average Bonchev–Trinajstić information content (AvgIpc) is 2.55. The first kappa shape index (κ1) is 19.0. The highest BCUT2D eigenvalue weighted by atomic mass is 16.5. The maximum atomic E-state index is 11.7. The van der Waals surface area contributed by atoms with E-state index in [0.717, 1.165) is 12.8 Å². The van der Waals surface area contributed by atoms with Crippen LogP contribution in [0.5, 0.6) is 0 Å². The van der Waals surface area contributed by atoms with E-state index in [1.54, 1.807) is 19.1 Å². The minimum atomic E-state index is -1.07. The summed E-state index contributed by atoms with van der Waals surface area (Å²) in [4.78, 5) is 37.4. The second-order valence-electron chi connectivity index (χ2n) is 4.89. The lowest BCUT2D eigenvalue weighted by atomic mass is 10.1. The SMILES string of the molecule is CCCc1ccc(C#CC(=O)CC(=O)C(=[N+]=[N-])C(=O)OCC)cc1. The van der Waals surface area contributed by atoms with Crippen molar-refractivity contribution in [1.82, 2.24) is 0 Å². The molecule has 1 aromatic rings. The quantitative estimate of drug-likeness (QED) is 0.190. The molecule has 0 heterocycles. The number of hydrogen-bond donors (Lipinski definition) is 0. The normalized spacial score (nSPS) is 9.25. The van der Waals surface area contributed by atoms with Crippen LogP contribution >= 0.6 is 0 Å². The molecule has 0 aromatic heterocycles. The van der Waals surface area contributed by atoms with E-state index in [0.29, 0.717) is 5.56 Å². The summed E-state index contributed by atoms with van der Waals surface area (Å²) in [6.45, 7) is 3.65. The monoisotopic (exact) mass is 326 g/mol. The van der Waals surface area contributed by atoms with Gasteiger partial charge in [-0.25, -0.2) is 4.79 Å². The Labute approximate surface area is 140 Å². The molecule has 0 fully saturated rings. The van der Waals surface area contributed by atoms with Gasteiger partial charge < -0.3 is 10.3 Å². The second-order valence-corrected chi connectivity index (χ2v) is 4.89. The van der Waals surface area contributed by atoms with Gasteiger partial charge in [-0.3, -0.25) is 9.59 Å². The molecular formula is C18H18N2O4. The number of nitrogens with zero attached hydrogens (tertiary/aromatic N) is 2. The molecule has 0 aliphatic heterocycles. The van der Waals surface area contributed by atoms with Crippen LogP contribution in [0.4, 0.5) is 0 Å². The first-order valence-electron chi connectivity index (χ1n) is 7.58. The molecule has 0 aliphatic carbocycles. The molecule has 0 saturated heterocycles. The maximum Gasteiger partial charge on any atom is 0.441 e. The zero-order valence-corrected chi connectivity index (χ0v) is 13.7. The van der Waals surface area contributed by atoms with Gasteiger partial charge >= 0.3 is 11.7 Å². The van der Waals surface area contributed by atoms with E-state index < -0.39 is 29.7 Å². The van der Waals surface area contributed by atoms with Gasteiger partial charge in [0.2, 0.25) is 5.78 Å². The second kappa shape index (κ2) is 9.88. The van der Waals surface area contributed by atoms with E-state index in [4.69, 9.17) is 5.53 Å². The van der Waals surface area contributed by atoms with E-state index in [1.807, 2.05) is 12.1 Å². The summed E-state index contributed by atoms with van der Waals surface area (Å²) in [6.07, 6.45) is 1.36. The van der Waals surface area contributed by atoms with Crippen molar-refractivity contribution in [2.45, 2.75) is 33.1 Å². The van der Waals surface area contributed by atoms with E-state index in [9.17, 15) is 14.4 Å². The van der Waals surface area contributed by atoms with Crippen molar-refractivity contribution in [2.24, 2.45) is 0 Å². The van der Waals surface area contributed by atoms with Crippen LogP contribution in [0.2, 0.25) is 0 Å². The van der Waals surface area contributed by atoms with Crippen LogP contribution in [0.3, 0.4) is 0 Å². The topological polar surface area (TPSA) is 96.8 Å². The van der Waals surface area contributed by atoms with Crippen LogP contribution in [0, 0.1) is 11.8 Å². The molecule has 24 heavy (non-hydrogen) atoms. The molecule has 6 heteroatoms. The van der Waals surface area contributed by atoms with Gasteiger partial charge in [0.25, 0.3) is 5.78 Å². The van der Waals surface area contributed by atoms with Gasteiger partial charge in [0.15, 0.2) is 0 Å². The number of aryl methyl sites for hydroxylation is 1. The molecule has 0 N–H and O–H groups in total. The van der Waals surface area contributed by atoms with Gasteiger partial charge in [-0.15, -0.1) is 0 Å². The molecule has 0 spiro atoms. The molecule has 1 rings (SSSR count). The third-order valence-corrected chi connectivity index (χ3v) is 2.99. The van der Waals surface area contributed by atoms with Crippen LogP contribution in [0.1, 0.15) is 37.8 Å². The van der Waals surface area contributed by atoms with Crippen molar-refractivity contribution in [1.29, 1.82) is 0 Å². The fourth-order valence-corrected chi connectivity index (χ4v) is 1.87. The number of ketones is 2. The summed E-state index contributed by atoms with van der Waals surface area (Å²) < 4.78 is 4.56. The van der Waals surface area contributed by atoms with E-state index >= 15 is 0 Å². The van der Waals surface area contributed by atoms with Gasteiger partial charge in [-0.1, -0.05) is 31.4 Å². The predicted octanol–water partition coefficient (Wildman–Crippen LogP) is 1.75. The number of hydrogen-bond acceptors (Lipinski definition) is 4. The lowest BCUT2D eigenvalue weighted by Crippen LogP contribution is -2.28. The standard InChI is InChI=1S/C18H18N2O4/c1-3-5-13-6-8-14(9-7-13)10-11-15(21)12-16(22)17(20-19)18(23)24-4-2/h6-9H,3-5,12H2,1-2H3. The first-order chi connectivity index (χ1) is 11.5. The highest BCUT2D eigenvalue weighted by molar-refractivity contribution is 6.63. The number of carbonyl (C=O) groups is 3. The van der Waals surface area contributed by atoms with E-state index in [2.05, 4.69) is 28.3 Å². The Bertz CT molecular complexity index is 733. The lowest BCUT2D eigenvalue weighted by Gasteiger charge is -1.97. The summed E-state index contributed by atoms with van der Waals surface area (Å²) in [5, 5.41) is 0. The van der Waals surface area contributed by atoms with Gasteiger partial charge in [-0.05, 0) is 37.0 Å². The molecule has 0 saturated carbocycles. The minimum absolute atomic E-state index is 0.0207. The Kier molecular flexibility index (Phi) is 7.83. The third-order valence-electron chi connectivity index (χ3n) is 2.99. The molecule has 0 radical (unpaired) electrons. The van der Waals surface area contributed by atoms with Gasteiger partial charge in [0, 0.05) is 5.56 Å². The molecule has 0 aliphatic rings. The zero-order valence-electron chi connectivity index (χ0n) is 13.7. The van der Waals surface area contributed by atoms with Gasteiger partial charge in [0.1, 0.15) is 0 Å². The lowest BCUT2D eigenvalue weighted by molar-refractivity contribution is -0.141. The first-order valence-corrected chi connectivity index (χ1v) is 7.58. The third kappa shape index (κ3) is 5.99. The van der Waals surface area contributed by atoms with E-state index in [-0.39, 0.29) is 6.61 Å². The predicted molar refractivity (Wildman–Crippen MR) is 87.2 cm³/mol. The Morgan fingerprint density at radius 1 is 1.17 bits per heavy atom. The summed E-state index contributed by atoms with van der Waals surface area (Å²) in [6, 6.07) is 7.46. The fraction of sp³-hybridized carbons (Fsp3) is 0.333. The highest BCUT2D eigenvalue weighted by Gasteiger charge is 2.31. The van der Waals surface area contributed by atoms with Crippen molar-refractivity contribution in [3.63, 3.8) is 0 Å². The highest BCUT2D eigenvalue weighted by Crippen LogP contribution is 2.05. The summed E-state index contributed by atoms with van der Waals surface area (Å²) in [7, 11) is 0. The fourth-order valence-electron chi connectivity index (χ4n) is 1.87. The Morgan fingerprint density at radius 3 is 2.38 bits per heavy atom. The number of rotatable bonds is 7. The van der Waals surface area contributed by atoms with Crippen LogP contribution in [-0.2, 0) is 25.5 Å². The maximum absolute atomic E-state index is 11.7. The number of Topliss-reactive ketones (excluding diaryl/α,β-unsaturated/α-hetero) is 2. The van der Waals surface area contributed by atoms with Crippen LogP contribution in [0.15, 0.2) is 24.3 Å². The van der Waals surface area contributed by atoms with E-state index in [1.165, 1.54) is 5.56 Å². The smallest absolute Gasteiger partial charge is 0.441 e. The van der Waals surface area contributed by atoms with Gasteiger partial charge in [-0.2, -0.15) is 4.79 Å². The van der Waals surface area contributed by atoms with Crippen LogP contribution in [-0.4, -0.2) is 34.6 Å². The van der Waals surface area contributed by atoms with Crippen molar-refractivity contribution in [2.75, 3.05) is 6.61 Å². The zero-order chi connectivity index (χ0) is 17.9. The van der Waals surface area contributed by atoms with Crippen molar-refractivity contribution >= 4 is 23.2 Å². The molecular weight excluding hydrogens is 308 g/mol. The summed E-state index contributed by atoms with van der Waals surface area (Å²) in [5.41, 5.74) is 9.73. The molecule has 0 atom stereocenters. The molecule has 6 nitrogen and oxygen atoms in total. The number of ether oxygens (including phenoxy) is 1. The van der Waals surface area contributed by atoms with Crippen LogP contribution in [0.25, 0.3) is 5.53 Å². The number of esters is 1. The molecule has 1 aromatic carbocycles. The van der Waals surface area contributed by atoms with Crippen molar-refractivity contribution in [3.8, 4) is 11.8 Å². The van der Waals surface area contributed by atoms with Gasteiger partial charge in [0.05, 0.1) is 13.0 Å². The van der Waals surface area contributed by atoms with Crippen molar-refractivity contribution < 1.29 is 23.9 Å². The largest absolute Gasteiger partial charge is 0.457 e. The minimum Gasteiger partial charge on any atom is -0.457 e. The number of benzene rings is 1. The van der Waals surface area contributed by atoms with Crippen molar-refractivity contribution in [3.05, 3.63) is 40.9 Å². The van der Waals surface area contributed by atoms with Crippen LogP contribution < -0.4 is 0 Å². The summed E-state index contributed by atoms with van der Waals surface area (Å²) in [5.74, 6) is 2.31. The molecule has 0 bridgehead atoms. The number of carbonyl (C=O) groups excluding carboxylic acids is 3. The average molecular weight is 326 g/mol.